The third kappa shape index (κ3) is 9.15. The lowest BCUT2D eigenvalue weighted by Gasteiger charge is -2.28. The van der Waals surface area contributed by atoms with E-state index in [1.165, 1.54) is 0 Å². The summed E-state index contributed by atoms with van der Waals surface area (Å²) >= 11 is 5.21. The fourth-order valence-electron chi connectivity index (χ4n) is 4.75. The lowest BCUT2D eigenvalue weighted by atomic mass is 10.1. The van der Waals surface area contributed by atoms with Crippen LogP contribution < -0.4 is 10.6 Å². The van der Waals surface area contributed by atoms with Crippen molar-refractivity contribution in [1.29, 1.82) is 0 Å². The zero-order valence-electron chi connectivity index (χ0n) is 22.9. The molecule has 0 radical (unpaired) electrons. The Morgan fingerprint density at radius 2 is 1.26 bits per heavy atom. The van der Waals surface area contributed by atoms with Crippen molar-refractivity contribution in [2.45, 2.75) is 57.3 Å². The Kier molecular flexibility index (Phi) is 9.81. The van der Waals surface area contributed by atoms with Crippen molar-refractivity contribution in [2.24, 2.45) is 0 Å². The van der Waals surface area contributed by atoms with Crippen molar-refractivity contribution in [3.8, 4) is 0 Å². The highest BCUT2D eigenvalue weighted by molar-refractivity contribution is 7.80. The summed E-state index contributed by atoms with van der Waals surface area (Å²) in [5, 5.41) is 5.16. The molecule has 0 aliphatic carbocycles. The standard InChI is InChI=1S/C30H31F6N3O2S/c1-28(2)40-25(16-37-27(42)38-24-14-22(29(31,32)33)13-23(15-24)30(34,35)36)26(41-28)19-39(17-20-9-5-3-6-10-20)18-21-11-7-4-8-12-21/h3-15,25-26H,16-19H2,1-2H3,(H2,37,38,42)/t25-,26-/m0/s1. The van der Waals surface area contributed by atoms with Crippen LogP contribution in [0.5, 0.6) is 0 Å². The molecule has 42 heavy (non-hydrogen) atoms. The summed E-state index contributed by atoms with van der Waals surface area (Å²) in [4.78, 5) is 2.23. The van der Waals surface area contributed by atoms with Crippen LogP contribution in [0, 0.1) is 0 Å². The second-order valence-electron chi connectivity index (χ2n) is 10.5. The molecule has 12 heteroatoms. The molecule has 0 bridgehead atoms. The van der Waals surface area contributed by atoms with Gasteiger partial charge < -0.3 is 20.1 Å². The second-order valence-corrected chi connectivity index (χ2v) is 10.9. The van der Waals surface area contributed by atoms with Gasteiger partial charge in [0.15, 0.2) is 10.9 Å². The summed E-state index contributed by atoms with van der Waals surface area (Å²) in [6.45, 7) is 5.44. The van der Waals surface area contributed by atoms with Gasteiger partial charge in [-0.1, -0.05) is 60.7 Å². The fourth-order valence-corrected chi connectivity index (χ4v) is 4.96. The zero-order valence-corrected chi connectivity index (χ0v) is 23.7. The molecule has 2 N–H and O–H groups in total. The summed E-state index contributed by atoms with van der Waals surface area (Å²) in [5.41, 5.74) is -1.08. The molecule has 2 atom stereocenters. The van der Waals surface area contributed by atoms with Crippen molar-refractivity contribution in [3.05, 3.63) is 101 Å². The van der Waals surface area contributed by atoms with Gasteiger partial charge in [-0.05, 0) is 55.4 Å². The molecule has 4 rings (SSSR count). The van der Waals surface area contributed by atoms with E-state index in [-0.39, 0.29) is 17.7 Å². The SMILES string of the molecule is CC1(C)O[C@@H](CNC(=S)Nc2cc(C(F)(F)F)cc(C(F)(F)F)c2)[C@H](CN(Cc2ccccc2)Cc2ccccc2)O1. The van der Waals surface area contributed by atoms with Gasteiger partial charge in [-0.25, -0.2) is 0 Å². The fraction of sp³-hybridized carbons (Fsp3) is 0.367. The predicted octanol–water partition coefficient (Wildman–Crippen LogP) is 7.23. The number of hydrogen-bond donors (Lipinski definition) is 2. The van der Waals surface area contributed by atoms with Crippen LogP contribution in [0.4, 0.5) is 32.0 Å². The van der Waals surface area contributed by atoms with Gasteiger partial charge in [0, 0.05) is 31.9 Å². The highest BCUT2D eigenvalue weighted by Crippen LogP contribution is 2.37. The maximum Gasteiger partial charge on any atom is 0.416 e. The van der Waals surface area contributed by atoms with Crippen LogP contribution in [0.3, 0.4) is 0 Å². The normalized spacial score (nSPS) is 18.7. The summed E-state index contributed by atoms with van der Waals surface area (Å²) in [6.07, 6.45) is -10.9. The molecule has 0 spiro atoms. The average Bonchev–Trinajstić information content (AvgIpc) is 3.20. The number of nitrogens with one attached hydrogen (secondary N) is 2. The number of anilines is 1. The first-order valence-electron chi connectivity index (χ1n) is 13.2. The van der Waals surface area contributed by atoms with Crippen molar-refractivity contribution < 1.29 is 35.8 Å². The van der Waals surface area contributed by atoms with Gasteiger partial charge in [-0.15, -0.1) is 0 Å². The lowest BCUT2D eigenvalue weighted by molar-refractivity contribution is -0.147. The number of halogens is 6. The molecule has 226 valence electrons. The minimum Gasteiger partial charge on any atom is -0.360 e. The third-order valence-corrected chi connectivity index (χ3v) is 6.78. The molecule has 0 unspecified atom stereocenters. The Morgan fingerprint density at radius 1 is 0.786 bits per heavy atom. The average molecular weight is 612 g/mol. The molecule has 1 saturated heterocycles. The Labute approximate surface area is 245 Å². The highest BCUT2D eigenvalue weighted by Gasteiger charge is 2.42. The maximum atomic E-state index is 13.2. The van der Waals surface area contributed by atoms with E-state index in [1.54, 1.807) is 13.8 Å². The minimum atomic E-state index is -4.97. The van der Waals surface area contributed by atoms with Crippen LogP contribution in [0.15, 0.2) is 78.9 Å². The number of hydrogen-bond acceptors (Lipinski definition) is 4. The molecular weight excluding hydrogens is 580 g/mol. The topological polar surface area (TPSA) is 45.8 Å². The summed E-state index contributed by atoms with van der Waals surface area (Å²) in [7, 11) is 0. The smallest absolute Gasteiger partial charge is 0.360 e. The Hall–Kier alpha value is -3.19. The van der Waals surface area contributed by atoms with Crippen LogP contribution in [0.25, 0.3) is 0 Å². The molecule has 3 aromatic rings. The van der Waals surface area contributed by atoms with Crippen molar-refractivity contribution >= 4 is 23.0 Å². The van der Waals surface area contributed by atoms with Crippen LogP contribution in [0.2, 0.25) is 0 Å². The van der Waals surface area contributed by atoms with E-state index in [9.17, 15) is 26.3 Å². The molecule has 0 saturated carbocycles. The minimum absolute atomic E-state index is 0.0642. The van der Waals surface area contributed by atoms with Crippen molar-refractivity contribution in [1.82, 2.24) is 10.2 Å². The van der Waals surface area contributed by atoms with Crippen molar-refractivity contribution in [3.63, 3.8) is 0 Å². The van der Waals surface area contributed by atoms with E-state index in [4.69, 9.17) is 21.7 Å². The first-order valence-corrected chi connectivity index (χ1v) is 13.6. The third-order valence-electron chi connectivity index (χ3n) is 6.53. The van der Waals surface area contributed by atoms with Gasteiger partial charge in [0.25, 0.3) is 0 Å². The van der Waals surface area contributed by atoms with Crippen LogP contribution in [-0.2, 0) is 34.9 Å². The van der Waals surface area contributed by atoms with Crippen LogP contribution in [-0.4, -0.2) is 41.1 Å². The van der Waals surface area contributed by atoms with E-state index in [0.717, 1.165) is 11.1 Å². The Morgan fingerprint density at radius 3 is 1.74 bits per heavy atom. The molecule has 1 aliphatic heterocycles. The Balaban J connectivity index is 1.45. The van der Waals surface area contributed by atoms with E-state index < -0.39 is 47.2 Å². The molecule has 1 heterocycles. The number of nitrogens with zero attached hydrogens (tertiary/aromatic N) is 1. The van der Waals surface area contributed by atoms with Gasteiger partial charge in [-0.3, -0.25) is 4.90 Å². The lowest BCUT2D eigenvalue weighted by Crippen LogP contribution is -2.43. The van der Waals surface area contributed by atoms with Gasteiger partial charge in [0.1, 0.15) is 12.2 Å². The highest BCUT2D eigenvalue weighted by atomic mass is 32.1. The van der Waals surface area contributed by atoms with Gasteiger partial charge in [-0.2, -0.15) is 26.3 Å². The van der Waals surface area contributed by atoms with E-state index in [2.05, 4.69) is 15.5 Å². The number of thiocarbonyl (C=S) groups is 1. The van der Waals surface area contributed by atoms with Crippen LogP contribution in [0.1, 0.15) is 36.1 Å². The largest absolute Gasteiger partial charge is 0.416 e. The molecule has 3 aromatic carbocycles. The van der Waals surface area contributed by atoms with E-state index in [0.29, 0.717) is 31.8 Å². The van der Waals surface area contributed by atoms with Gasteiger partial charge in [0.05, 0.1) is 11.1 Å². The zero-order chi connectivity index (χ0) is 30.5. The first kappa shape index (κ1) is 31.7. The molecule has 0 amide bonds. The molecular formula is C30H31F6N3O2S. The monoisotopic (exact) mass is 611 g/mol. The molecule has 1 fully saturated rings. The predicted molar refractivity (Wildman–Crippen MR) is 151 cm³/mol. The number of rotatable bonds is 9. The van der Waals surface area contributed by atoms with Gasteiger partial charge in [0.2, 0.25) is 0 Å². The Bertz CT molecular complexity index is 1260. The quantitative estimate of drug-likeness (QED) is 0.197. The number of benzene rings is 3. The number of ether oxygens (including phenoxy) is 2. The maximum absolute atomic E-state index is 13.2. The molecule has 5 nitrogen and oxygen atoms in total. The molecule has 0 aromatic heterocycles. The van der Waals surface area contributed by atoms with E-state index >= 15 is 0 Å². The summed E-state index contributed by atoms with van der Waals surface area (Å²) in [5.74, 6) is -0.917. The summed E-state index contributed by atoms with van der Waals surface area (Å²) in [6, 6.07) is 21.1. The van der Waals surface area contributed by atoms with Crippen LogP contribution >= 0.6 is 12.2 Å². The van der Waals surface area contributed by atoms with Crippen molar-refractivity contribution in [2.75, 3.05) is 18.4 Å². The number of alkyl halides is 6. The van der Waals surface area contributed by atoms with E-state index in [1.807, 2.05) is 60.7 Å². The summed E-state index contributed by atoms with van der Waals surface area (Å²) < 4.78 is 91.8. The van der Waals surface area contributed by atoms with Gasteiger partial charge >= 0.3 is 12.4 Å². The second kappa shape index (κ2) is 13.0. The first-order chi connectivity index (χ1) is 19.7. The molecule has 1 aliphatic rings.